The molecule has 0 aliphatic heterocycles. The van der Waals surface area contributed by atoms with Gasteiger partial charge in [-0.1, -0.05) is 0 Å². The van der Waals surface area contributed by atoms with E-state index in [0.29, 0.717) is 12.5 Å². The first-order valence-corrected chi connectivity index (χ1v) is 5.64. The number of pyridine rings is 1. The van der Waals surface area contributed by atoms with Gasteiger partial charge in [-0.15, -0.1) is 11.6 Å². The Balaban J connectivity index is 1.90. The Bertz CT molecular complexity index is 395. The molecule has 1 aliphatic carbocycles. The number of alkyl halides is 1. The first-order chi connectivity index (χ1) is 7.68. The summed E-state index contributed by atoms with van der Waals surface area (Å²) in [6.07, 6.45) is 4.65. The summed E-state index contributed by atoms with van der Waals surface area (Å²) in [5, 5.41) is 2.57. The molecule has 0 radical (unpaired) electrons. The number of rotatable bonds is 4. The van der Waals surface area contributed by atoms with E-state index >= 15 is 0 Å². The summed E-state index contributed by atoms with van der Waals surface area (Å²) in [5.41, 5.74) is 0.00895. The lowest BCUT2D eigenvalue weighted by atomic mass is 10.2. The molecule has 1 atom stereocenters. The number of hydrogen-bond donors (Lipinski definition) is 1. The number of amides is 1. The number of carbonyl (C=O) groups is 1. The van der Waals surface area contributed by atoms with Gasteiger partial charge in [-0.05, 0) is 24.8 Å². The van der Waals surface area contributed by atoms with Crippen LogP contribution in [0.15, 0.2) is 18.5 Å². The molecule has 1 aliphatic rings. The summed E-state index contributed by atoms with van der Waals surface area (Å²) in [4.78, 5) is 15.2. The summed E-state index contributed by atoms with van der Waals surface area (Å²) in [6.45, 7) is 0.382. The van der Waals surface area contributed by atoms with Crippen LogP contribution in [0.5, 0.6) is 0 Å². The Kier molecular flexibility index (Phi) is 3.39. The van der Waals surface area contributed by atoms with Gasteiger partial charge < -0.3 is 5.32 Å². The highest BCUT2D eigenvalue weighted by atomic mass is 35.5. The van der Waals surface area contributed by atoms with E-state index in [1.165, 1.54) is 12.3 Å². The van der Waals surface area contributed by atoms with Crippen molar-refractivity contribution in [2.45, 2.75) is 18.2 Å². The number of aromatic nitrogens is 1. The van der Waals surface area contributed by atoms with Gasteiger partial charge in [-0.2, -0.15) is 0 Å². The summed E-state index contributed by atoms with van der Waals surface area (Å²) in [5.74, 6) is -0.548. The van der Waals surface area contributed by atoms with Crippen molar-refractivity contribution in [2.75, 3.05) is 6.54 Å². The molecule has 1 heterocycles. The zero-order valence-corrected chi connectivity index (χ0v) is 9.38. The van der Waals surface area contributed by atoms with Crippen molar-refractivity contribution < 1.29 is 9.18 Å². The molecule has 1 aromatic heterocycles. The molecule has 0 spiro atoms. The predicted molar refractivity (Wildman–Crippen MR) is 58.9 cm³/mol. The average molecular weight is 243 g/mol. The zero-order chi connectivity index (χ0) is 11.5. The SMILES string of the molecule is O=C(NCC(Cl)C1CC1)c1ccncc1F. The van der Waals surface area contributed by atoms with Crippen molar-refractivity contribution in [2.24, 2.45) is 5.92 Å². The van der Waals surface area contributed by atoms with E-state index in [-0.39, 0.29) is 10.9 Å². The van der Waals surface area contributed by atoms with E-state index in [1.807, 2.05) is 0 Å². The van der Waals surface area contributed by atoms with Crippen molar-refractivity contribution in [1.29, 1.82) is 0 Å². The molecule has 2 rings (SSSR count). The highest BCUT2D eigenvalue weighted by Crippen LogP contribution is 2.35. The Morgan fingerprint density at radius 3 is 3.06 bits per heavy atom. The first kappa shape index (κ1) is 11.3. The standard InChI is InChI=1S/C11H12ClFN2O/c12-9(7-1-2-7)5-15-11(16)8-3-4-14-6-10(8)13/h3-4,6-7,9H,1-2,5H2,(H,15,16). The van der Waals surface area contributed by atoms with Gasteiger partial charge in [-0.25, -0.2) is 4.39 Å². The third-order valence-electron chi connectivity index (χ3n) is 2.61. The second-order valence-electron chi connectivity index (χ2n) is 3.92. The van der Waals surface area contributed by atoms with Crippen molar-refractivity contribution >= 4 is 17.5 Å². The molecule has 1 unspecified atom stereocenters. The fraction of sp³-hybridized carbons (Fsp3) is 0.455. The van der Waals surface area contributed by atoms with Gasteiger partial charge in [-0.3, -0.25) is 9.78 Å². The topological polar surface area (TPSA) is 42.0 Å². The third-order valence-corrected chi connectivity index (χ3v) is 3.12. The van der Waals surface area contributed by atoms with Crippen LogP contribution in [0.3, 0.4) is 0 Å². The van der Waals surface area contributed by atoms with E-state index in [4.69, 9.17) is 11.6 Å². The molecule has 1 saturated carbocycles. The summed E-state index contributed by atoms with van der Waals surface area (Å²) < 4.78 is 13.2. The summed E-state index contributed by atoms with van der Waals surface area (Å²) in [7, 11) is 0. The van der Waals surface area contributed by atoms with Crippen molar-refractivity contribution in [3.8, 4) is 0 Å². The highest BCUT2D eigenvalue weighted by molar-refractivity contribution is 6.21. The lowest BCUT2D eigenvalue weighted by molar-refractivity contribution is 0.0949. The fourth-order valence-electron chi connectivity index (χ4n) is 1.47. The molecule has 3 nitrogen and oxygen atoms in total. The van der Waals surface area contributed by atoms with Crippen molar-refractivity contribution in [3.63, 3.8) is 0 Å². The molecular weight excluding hydrogens is 231 g/mol. The van der Waals surface area contributed by atoms with E-state index in [1.54, 1.807) is 0 Å². The smallest absolute Gasteiger partial charge is 0.254 e. The normalized spacial score (nSPS) is 16.9. The molecule has 1 fully saturated rings. The maximum Gasteiger partial charge on any atom is 0.254 e. The van der Waals surface area contributed by atoms with Crippen LogP contribution in [-0.2, 0) is 0 Å². The maximum atomic E-state index is 13.2. The number of nitrogens with one attached hydrogen (secondary N) is 1. The lowest BCUT2D eigenvalue weighted by Crippen LogP contribution is -2.31. The number of nitrogens with zero attached hydrogens (tertiary/aromatic N) is 1. The predicted octanol–water partition coefficient (Wildman–Crippen LogP) is 1.97. The van der Waals surface area contributed by atoms with Crippen LogP contribution in [0, 0.1) is 11.7 Å². The van der Waals surface area contributed by atoms with E-state index in [2.05, 4.69) is 10.3 Å². The Hall–Kier alpha value is -1.16. The van der Waals surface area contributed by atoms with E-state index in [0.717, 1.165) is 19.0 Å². The van der Waals surface area contributed by atoms with Crippen LogP contribution in [0.25, 0.3) is 0 Å². The largest absolute Gasteiger partial charge is 0.350 e. The molecule has 16 heavy (non-hydrogen) atoms. The van der Waals surface area contributed by atoms with E-state index < -0.39 is 11.7 Å². The minimum atomic E-state index is -0.613. The van der Waals surface area contributed by atoms with Crippen LogP contribution in [0.4, 0.5) is 4.39 Å². The molecule has 1 N–H and O–H groups in total. The summed E-state index contributed by atoms with van der Waals surface area (Å²) >= 11 is 6.03. The summed E-state index contributed by atoms with van der Waals surface area (Å²) in [6, 6.07) is 1.35. The fourth-order valence-corrected chi connectivity index (χ4v) is 1.80. The molecule has 0 aromatic carbocycles. The Morgan fingerprint density at radius 2 is 2.44 bits per heavy atom. The minimum Gasteiger partial charge on any atom is -0.350 e. The lowest BCUT2D eigenvalue weighted by Gasteiger charge is -2.09. The van der Waals surface area contributed by atoms with Crippen LogP contribution in [-0.4, -0.2) is 22.8 Å². The van der Waals surface area contributed by atoms with Gasteiger partial charge in [0.25, 0.3) is 5.91 Å². The van der Waals surface area contributed by atoms with Gasteiger partial charge >= 0.3 is 0 Å². The average Bonchev–Trinajstić information content (AvgIpc) is 3.10. The van der Waals surface area contributed by atoms with Crippen molar-refractivity contribution in [1.82, 2.24) is 10.3 Å². The van der Waals surface area contributed by atoms with Crippen molar-refractivity contribution in [3.05, 3.63) is 29.8 Å². The second kappa shape index (κ2) is 4.78. The van der Waals surface area contributed by atoms with Gasteiger partial charge in [0.05, 0.1) is 17.1 Å². The van der Waals surface area contributed by atoms with Gasteiger partial charge in [0.1, 0.15) is 0 Å². The molecule has 5 heteroatoms. The van der Waals surface area contributed by atoms with Crippen LogP contribution < -0.4 is 5.32 Å². The van der Waals surface area contributed by atoms with E-state index in [9.17, 15) is 9.18 Å². The first-order valence-electron chi connectivity index (χ1n) is 5.20. The van der Waals surface area contributed by atoms with Crippen LogP contribution in [0.2, 0.25) is 0 Å². The molecule has 1 amide bonds. The quantitative estimate of drug-likeness (QED) is 0.821. The molecular formula is C11H12ClFN2O. The molecule has 0 bridgehead atoms. The van der Waals surface area contributed by atoms with Crippen LogP contribution >= 0.6 is 11.6 Å². The number of carbonyl (C=O) groups excluding carboxylic acids is 1. The molecule has 86 valence electrons. The number of hydrogen-bond acceptors (Lipinski definition) is 2. The monoisotopic (exact) mass is 242 g/mol. The highest BCUT2D eigenvalue weighted by Gasteiger charge is 2.29. The minimum absolute atomic E-state index is 0.00895. The van der Waals surface area contributed by atoms with Gasteiger partial charge in [0.2, 0.25) is 0 Å². The van der Waals surface area contributed by atoms with Gasteiger partial charge in [0, 0.05) is 12.7 Å². The Labute approximate surface area is 98.0 Å². The second-order valence-corrected chi connectivity index (χ2v) is 4.48. The number of halogens is 2. The molecule has 0 saturated heterocycles. The Morgan fingerprint density at radius 1 is 1.69 bits per heavy atom. The maximum absolute atomic E-state index is 13.2. The van der Waals surface area contributed by atoms with Crippen LogP contribution in [0.1, 0.15) is 23.2 Å². The third kappa shape index (κ3) is 2.70. The van der Waals surface area contributed by atoms with Gasteiger partial charge in [0.15, 0.2) is 5.82 Å². The molecule has 1 aromatic rings. The zero-order valence-electron chi connectivity index (χ0n) is 8.62.